The van der Waals surface area contributed by atoms with Gasteiger partial charge in [0.05, 0.1) is 0 Å². The van der Waals surface area contributed by atoms with Gasteiger partial charge in [0, 0.05) is 27.3 Å². The second kappa shape index (κ2) is 5.30. The smallest absolute Gasteiger partial charge is 0 e. The van der Waals surface area contributed by atoms with Gasteiger partial charge in [-0.3, -0.25) is 0 Å². The van der Waals surface area contributed by atoms with Crippen molar-refractivity contribution < 1.29 is 0 Å². The third-order valence-corrected chi connectivity index (χ3v) is 1.44. The quantitative estimate of drug-likeness (QED) is 0.728. The van der Waals surface area contributed by atoms with Crippen LogP contribution in [0.4, 0.5) is 0 Å². The van der Waals surface area contributed by atoms with Crippen LogP contribution >= 0.6 is 0 Å². The van der Waals surface area contributed by atoms with E-state index in [0.29, 0.717) is 0 Å². The molecule has 0 aromatic heterocycles. The molecule has 0 aliphatic rings. The van der Waals surface area contributed by atoms with Crippen LogP contribution in [-0.4, -0.2) is 27.3 Å². The van der Waals surface area contributed by atoms with Gasteiger partial charge in [0.2, 0.25) is 0 Å². The Morgan fingerprint density at radius 2 is 1.27 bits per heavy atom. The topological polar surface area (TPSA) is 0 Å². The van der Waals surface area contributed by atoms with E-state index in [9.17, 15) is 0 Å². The second-order valence-corrected chi connectivity index (χ2v) is 2.04. The van der Waals surface area contributed by atoms with Gasteiger partial charge in [-0.05, 0) is 11.1 Å². The summed E-state index contributed by atoms with van der Waals surface area (Å²) < 4.78 is 0. The summed E-state index contributed by atoms with van der Waals surface area (Å²) in [5, 5.41) is 0. The van der Waals surface area contributed by atoms with E-state index in [-0.39, 0.29) is 27.3 Å². The van der Waals surface area contributed by atoms with Crippen molar-refractivity contribution in [2.75, 3.05) is 0 Å². The largest absolute Gasteiger partial charge is 0.0984 e. The molecule has 4 radical (unpaired) electrons. The molecule has 0 amide bonds. The van der Waals surface area contributed by atoms with Crippen molar-refractivity contribution in [3.05, 3.63) is 48.6 Å². The summed E-state index contributed by atoms with van der Waals surface area (Å²) >= 11 is 0. The SMILES string of the molecule is C=Cc1ccccc1C=C.[Pb]. The second-order valence-electron chi connectivity index (χ2n) is 2.04. The molecule has 54 valence electrons. The zero-order valence-electron chi connectivity index (χ0n) is 6.38. The van der Waals surface area contributed by atoms with Gasteiger partial charge in [-0.2, -0.15) is 0 Å². The van der Waals surface area contributed by atoms with Gasteiger partial charge in [-0.15, -0.1) is 0 Å². The number of benzene rings is 1. The Hall–Kier alpha value is -0.378. The number of rotatable bonds is 2. The van der Waals surface area contributed by atoms with Crippen LogP contribution < -0.4 is 0 Å². The van der Waals surface area contributed by atoms with E-state index in [1.807, 2.05) is 36.4 Å². The predicted octanol–water partition coefficient (Wildman–Crippen LogP) is 2.59. The molecule has 0 saturated carbocycles. The summed E-state index contributed by atoms with van der Waals surface area (Å²) in [4.78, 5) is 0. The van der Waals surface area contributed by atoms with Crippen molar-refractivity contribution in [2.24, 2.45) is 0 Å². The molecule has 1 rings (SSSR count). The molecule has 0 unspecified atom stereocenters. The molecule has 1 aromatic carbocycles. The monoisotopic (exact) mass is 338 g/mol. The summed E-state index contributed by atoms with van der Waals surface area (Å²) in [5.41, 5.74) is 2.27. The molecule has 0 fully saturated rings. The molecule has 0 heterocycles. The maximum absolute atomic E-state index is 3.69. The molecule has 0 atom stereocenters. The molecular formula is C10H10Pb. The number of hydrogen-bond acceptors (Lipinski definition) is 0. The van der Waals surface area contributed by atoms with Crippen molar-refractivity contribution in [1.82, 2.24) is 0 Å². The molecule has 1 heteroatoms. The molecule has 11 heavy (non-hydrogen) atoms. The molecule has 0 aliphatic carbocycles. The fourth-order valence-corrected chi connectivity index (χ4v) is 0.883. The molecule has 0 spiro atoms. The van der Waals surface area contributed by atoms with Crippen molar-refractivity contribution in [1.29, 1.82) is 0 Å². The number of hydrogen-bond donors (Lipinski definition) is 0. The average molecular weight is 337 g/mol. The molecule has 0 N–H and O–H groups in total. The molecule has 0 bridgehead atoms. The van der Waals surface area contributed by atoms with E-state index >= 15 is 0 Å². The van der Waals surface area contributed by atoms with Crippen LogP contribution in [0.5, 0.6) is 0 Å². The first-order valence-electron chi connectivity index (χ1n) is 3.22. The van der Waals surface area contributed by atoms with E-state index in [4.69, 9.17) is 0 Å². The van der Waals surface area contributed by atoms with Gasteiger partial charge in [-0.25, -0.2) is 0 Å². The van der Waals surface area contributed by atoms with Gasteiger partial charge in [0.1, 0.15) is 0 Å². The van der Waals surface area contributed by atoms with E-state index in [0.717, 1.165) is 11.1 Å². The van der Waals surface area contributed by atoms with Crippen LogP contribution in [-0.2, 0) is 0 Å². The van der Waals surface area contributed by atoms with Crippen LogP contribution in [0.15, 0.2) is 37.4 Å². The maximum Gasteiger partial charge on any atom is 0 e. The third kappa shape index (κ3) is 2.61. The average Bonchev–Trinajstić information content (AvgIpc) is 2.04. The Balaban J connectivity index is 0.000001000. The molecular weight excluding hydrogens is 327 g/mol. The van der Waals surface area contributed by atoms with E-state index in [1.54, 1.807) is 0 Å². The Labute approximate surface area is 87.8 Å². The molecule has 1 aromatic rings. The summed E-state index contributed by atoms with van der Waals surface area (Å²) in [6.07, 6.45) is 3.66. The van der Waals surface area contributed by atoms with Crippen molar-refractivity contribution in [3.63, 3.8) is 0 Å². The summed E-state index contributed by atoms with van der Waals surface area (Å²) in [6, 6.07) is 8.02. The van der Waals surface area contributed by atoms with Gasteiger partial charge in [0.15, 0.2) is 0 Å². The minimum atomic E-state index is 0. The third-order valence-electron chi connectivity index (χ3n) is 1.44. The Kier molecular flexibility index (Phi) is 5.11. The first kappa shape index (κ1) is 10.6. The molecule has 0 saturated heterocycles. The minimum absolute atomic E-state index is 0. The first-order valence-corrected chi connectivity index (χ1v) is 3.22. The predicted molar refractivity (Wildman–Crippen MR) is 52.4 cm³/mol. The minimum Gasteiger partial charge on any atom is -0.0984 e. The van der Waals surface area contributed by atoms with Crippen molar-refractivity contribution in [3.8, 4) is 0 Å². The maximum atomic E-state index is 3.69. The van der Waals surface area contributed by atoms with Gasteiger partial charge >= 0.3 is 0 Å². The Morgan fingerprint density at radius 1 is 0.909 bits per heavy atom. The van der Waals surface area contributed by atoms with E-state index in [1.165, 1.54) is 0 Å². The Bertz CT molecular complexity index is 224. The van der Waals surface area contributed by atoms with Crippen molar-refractivity contribution in [2.45, 2.75) is 0 Å². The fraction of sp³-hybridized carbons (Fsp3) is 0. The standard InChI is InChI=1S/C10H10.Pb/c1-3-9-7-5-6-8-10(9)4-2;/h3-8H,1-2H2;. The van der Waals surface area contributed by atoms with Crippen molar-refractivity contribution >= 4 is 39.5 Å². The van der Waals surface area contributed by atoms with Crippen LogP contribution in [0.25, 0.3) is 12.2 Å². The summed E-state index contributed by atoms with van der Waals surface area (Å²) in [7, 11) is 0. The summed E-state index contributed by atoms with van der Waals surface area (Å²) in [5.74, 6) is 0. The summed E-state index contributed by atoms with van der Waals surface area (Å²) in [6.45, 7) is 7.38. The van der Waals surface area contributed by atoms with Crippen LogP contribution in [0.2, 0.25) is 0 Å². The first-order chi connectivity index (χ1) is 4.88. The van der Waals surface area contributed by atoms with Crippen LogP contribution in [0, 0.1) is 0 Å². The fourth-order valence-electron chi connectivity index (χ4n) is 0.883. The van der Waals surface area contributed by atoms with Gasteiger partial charge in [-0.1, -0.05) is 49.6 Å². The molecule has 0 nitrogen and oxygen atoms in total. The van der Waals surface area contributed by atoms with Crippen LogP contribution in [0.3, 0.4) is 0 Å². The van der Waals surface area contributed by atoms with Gasteiger partial charge < -0.3 is 0 Å². The zero-order valence-corrected chi connectivity index (χ0v) is 10.3. The van der Waals surface area contributed by atoms with Crippen LogP contribution in [0.1, 0.15) is 11.1 Å². The zero-order chi connectivity index (χ0) is 7.40. The van der Waals surface area contributed by atoms with Gasteiger partial charge in [0.25, 0.3) is 0 Å². The van der Waals surface area contributed by atoms with E-state index < -0.39 is 0 Å². The van der Waals surface area contributed by atoms with E-state index in [2.05, 4.69) is 13.2 Å². The Morgan fingerprint density at radius 3 is 1.55 bits per heavy atom. The molecule has 0 aliphatic heterocycles. The normalized spacial score (nSPS) is 8.00.